The zero-order chi connectivity index (χ0) is 15.6. The molecule has 0 radical (unpaired) electrons. The lowest BCUT2D eigenvalue weighted by Gasteiger charge is -2.34. The predicted octanol–water partition coefficient (Wildman–Crippen LogP) is 1.56. The molecule has 1 aliphatic rings. The molecule has 0 aromatic rings. The van der Waals surface area contributed by atoms with Crippen LogP contribution in [0.1, 0.15) is 19.8 Å². The van der Waals surface area contributed by atoms with Crippen LogP contribution in [0, 0.1) is 5.92 Å². The summed E-state index contributed by atoms with van der Waals surface area (Å²) in [4.78, 5) is 22.5. The van der Waals surface area contributed by atoms with Gasteiger partial charge in [-0.2, -0.15) is 22.0 Å². The summed E-state index contributed by atoms with van der Waals surface area (Å²) < 4.78 is 62.0. The minimum atomic E-state index is -5.88. The van der Waals surface area contributed by atoms with E-state index in [1.165, 1.54) is 6.92 Å². The summed E-state index contributed by atoms with van der Waals surface area (Å²) in [6, 6.07) is 0. The van der Waals surface area contributed by atoms with Crippen LogP contribution in [-0.2, 0) is 9.59 Å². The summed E-state index contributed by atoms with van der Waals surface area (Å²) in [5, 5.41) is 2.54. The molecular weight excluding hydrogens is 287 g/mol. The molecule has 9 heteroatoms. The van der Waals surface area contributed by atoms with Crippen LogP contribution in [-0.4, -0.2) is 48.4 Å². The second-order valence-electron chi connectivity index (χ2n) is 4.74. The number of rotatable bonds is 3. The first-order valence-corrected chi connectivity index (χ1v) is 6.04. The second-order valence-corrected chi connectivity index (χ2v) is 4.74. The average Bonchev–Trinajstić information content (AvgIpc) is 2.34. The average molecular weight is 302 g/mol. The molecule has 1 saturated heterocycles. The summed E-state index contributed by atoms with van der Waals surface area (Å²) in [6.07, 6.45) is -5.32. The molecule has 0 aliphatic carbocycles. The summed E-state index contributed by atoms with van der Waals surface area (Å²) in [6.45, 7) is 1.30. The van der Waals surface area contributed by atoms with Crippen molar-refractivity contribution in [1.82, 2.24) is 10.2 Å². The van der Waals surface area contributed by atoms with E-state index < -0.39 is 18.0 Å². The highest BCUT2D eigenvalue weighted by Gasteiger charge is 2.64. The van der Waals surface area contributed by atoms with Crippen molar-refractivity contribution in [2.75, 3.05) is 19.6 Å². The quantitative estimate of drug-likeness (QED) is 0.804. The highest BCUT2D eigenvalue weighted by Crippen LogP contribution is 2.37. The fraction of sp³-hybridized carbons (Fsp3) is 0.818. The van der Waals surface area contributed by atoms with E-state index in [1.54, 1.807) is 0 Å². The first-order valence-electron chi connectivity index (χ1n) is 6.04. The van der Waals surface area contributed by atoms with Crippen molar-refractivity contribution in [3.8, 4) is 0 Å². The number of nitrogens with zero attached hydrogens (tertiary/aromatic N) is 1. The molecule has 0 atom stereocenters. The number of likely N-dealkylation sites (tertiary alicyclic amines) is 1. The van der Waals surface area contributed by atoms with E-state index in [1.807, 2.05) is 0 Å². The Hall–Kier alpha value is -1.41. The first kappa shape index (κ1) is 16.6. The van der Waals surface area contributed by atoms with Crippen molar-refractivity contribution in [2.24, 2.45) is 5.92 Å². The van der Waals surface area contributed by atoms with Crippen molar-refractivity contribution < 1.29 is 31.5 Å². The van der Waals surface area contributed by atoms with Gasteiger partial charge in [0.25, 0.3) is 0 Å². The van der Waals surface area contributed by atoms with E-state index in [0.717, 1.165) is 0 Å². The predicted molar refractivity (Wildman–Crippen MR) is 59.0 cm³/mol. The van der Waals surface area contributed by atoms with E-state index in [0.29, 0.717) is 11.4 Å². The third-order valence-corrected chi connectivity index (χ3v) is 3.17. The van der Waals surface area contributed by atoms with Crippen molar-refractivity contribution in [2.45, 2.75) is 31.9 Å². The van der Waals surface area contributed by atoms with Gasteiger partial charge < -0.3 is 10.2 Å². The van der Waals surface area contributed by atoms with Crippen molar-refractivity contribution in [3.63, 3.8) is 0 Å². The molecule has 0 saturated carbocycles. The van der Waals surface area contributed by atoms with Crippen LogP contribution in [0.5, 0.6) is 0 Å². The van der Waals surface area contributed by atoms with Crippen LogP contribution >= 0.6 is 0 Å². The minimum absolute atomic E-state index is 0.0255. The third-order valence-electron chi connectivity index (χ3n) is 3.17. The van der Waals surface area contributed by atoms with Gasteiger partial charge in [-0.15, -0.1) is 0 Å². The molecule has 0 aromatic carbocycles. The Labute approximate surface area is 112 Å². The molecular formula is C11H15F5N2O2. The van der Waals surface area contributed by atoms with Crippen LogP contribution in [0.15, 0.2) is 0 Å². The Balaban J connectivity index is 2.53. The minimum Gasteiger partial charge on any atom is -0.356 e. The number of piperidine rings is 1. The maximum Gasteiger partial charge on any atom is 0.463 e. The highest BCUT2D eigenvalue weighted by molar-refractivity contribution is 5.84. The Kier molecular flexibility index (Phi) is 4.93. The molecule has 1 N–H and O–H groups in total. The number of carbonyl (C=O) groups is 2. The van der Waals surface area contributed by atoms with E-state index >= 15 is 0 Å². The number of nitrogens with one attached hydrogen (secondary N) is 1. The smallest absolute Gasteiger partial charge is 0.356 e. The summed E-state index contributed by atoms with van der Waals surface area (Å²) in [5.41, 5.74) is 0. The Morgan fingerprint density at radius 2 is 1.65 bits per heavy atom. The standard InChI is InChI=1S/C11H15F5N2O2/c1-7(19)17-6-8-2-4-18(5-3-8)9(20)10(12,13)11(14,15)16/h8H,2-6H2,1H3,(H,17,19). The van der Waals surface area contributed by atoms with E-state index in [4.69, 9.17) is 0 Å². The SMILES string of the molecule is CC(=O)NCC1CCN(C(=O)C(F)(F)C(F)(F)F)CC1. The fourth-order valence-corrected chi connectivity index (χ4v) is 1.95. The van der Waals surface area contributed by atoms with Crippen LogP contribution in [0.2, 0.25) is 0 Å². The molecule has 1 fully saturated rings. The maximum absolute atomic E-state index is 12.9. The summed E-state index contributed by atoms with van der Waals surface area (Å²) in [7, 11) is 0. The number of carbonyl (C=O) groups excluding carboxylic acids is 2. The molecule has 0 spiro atoms. The van der Waals surface area contributed by atoms with Gasteiger partial charge in [-0.25, -0.2) is 0 Å². The largest absolute Gasteiger partial charge is 0.463 e. The molecule has 0 bridgehead atoms. The zero-order valence-corrected chi connectivity index (χ0v) is 10.8. The number of alkyl halides is 5. The lowest BCUT2D eigenvalue weighted by atomic mass is 9.96. The summed E-state index contributed by atoms with van der Waals surface area (Å²) >= 11 is 0. The molecule has 20 heavy (non-hydrogen) atoms. The monoisotopic (exact) mass is 302 g/mol. The third kappa shape index (κ3) is 3.80. The Morgan fingerprint density at radius 1 is 1.15 bits per heavy atom. The van der Waals surface area contributed by atoms with Crippen LogP contribution < -0.4 is 5.32 Å². The molecule has 1 rings (SSSR count). The molecule has 1 heterocycles. The van der Waals surface area contributed by atoms with Crippen LogP contribution in [0.3, 0.4) is 0 Å². The highest BCUT2D eigenvalue weighted by atomic mass is 19.4. The Morgan fingerprint density at radius 3 is 2.05 bits per heavy atom. The van der Waals surface area contributed by atoms with Gasteiger partial charge in [0, 0.05) is 26.6 Å². The van der Waals surface area contributed by atoms with Gasteiger partial charge in [-0.3, -0.25) is 9.59 Å². The van der Waals surface area contributed by atoms with Gasteiger partial charge in [0.2, 0.25) is 5.91 Å². The van der Waals surface area contributed by atoms with Gasteiger partial charge in [0.1, 0.15) is 0 Å². The number of hydrogen-bond donors (Lipinski definition) is 1. The molecule has 1 aliphatic heterocycles. The van der Waals surface area contributed by atoms with Crippen LogP contribution in [0.4, 0.5) is 22.0 Å². The van der Waals surface area contributed by atoms with E-state index in [9.17, 15) is 31.5 Å². The van der Waals surface area contributed by atoms with Gasteiger partial charge in [0.05, 0.1) is 0 Å². The second kappa shape index (κ2) is 5.92. The van der Waals surface area contributed by atoms with Gasteiger partial charge in [-0.1, -0.05) is 0 Å². The lowest BCUT2D eigenvalue weighted by Crippen LogP contribution is -2.54. The van der Waals surface area contributed by atoms with Gasteiger partial charge in [0.15, 0.2) is 0 Å². The number of amides is 2. The van der Waals surface area contributed by atoms with Crippen LogP contribution in [0.25, 0.3) is 0 Å². The summed E-state index contributed by atoms with van der Waals surface area (Å²) in [5.74, 6) is -7.82. The van der Waals surface area contributed by atoms with E-state index in [-0.39, 0.29) is 37.8 Å². The Bertz CT molecular complexity index is 375. The fourth-order valence-electron chi connectivity index (χ4n) is 1.95. The molecule has 0 unspecified atom stereocenters. The van der Waals surface area contributed by atoms with Crippen molar-refractivity contribution >= 4 is 11.8 Å². The van der Waals surface area contributed by atoms with Crippen molar-refractivity contribution in [1.29, 1.82) is 0 Å². The number of hydrogen-bond acceptors (Lipinski definition) is 2. The van der Waals surface area contributed by atoms with E-state index in [2.05, 4.69) is 5.32 Å². The zero-order valence-electron chi connectivity index (χ0n) is 10.8. The first-order chi connectivity index (χ1) is 9.05. The molecule has 4 nitrogen and oxygen atoms in total. The topological polar surface area (TPSA) is 49.4 Å². The lowest BCUT2D eigenvalue weighted by molar-refractivity contribution is -0.274. The number of halogens is 5. The molecule has 2 amide bonds. The molecule has 116 valence electrons. The molecule has 0 aromatic heterocycles. The maximum atomic E-state index is 12.9. The van der Waals surface area contributed by atoms with Gasteiger partial charge >= 0.3 is 18.0 Å². The normalized spacial score (nSPS) is 18.0. The van der Waals surface area contributed by atoms with Gasteiger partial charge in [-0.05, 0) is 18.8 Å². The van der Waals surface area contributed by atoms with Crippen molar-refractivity contribution in [3.05, 3.63) is 0 Å².